The predicted molar refractivity (Wildman–Crippen MR) is 108 cm³/mol. The van der Waals surface area contributed by atoms with Gasteiger partial charge in [0, 0.05) is 25.7 Å². The van der Waals surface area contributed by atoms with Gasteiger partial charge in [0.25, 0.3) is 0 Å². The van der Waals surface area contributed by atoms with Crippen LogP contribution in [0.3, 0.4) is 0 Å². The lowest BCUT2D eigenvalue weighted by atomic mass is 10.2. The number of ether oxygens (including phenoxy) is 1. The zero-order valence-electron chi connectivity index (χ0n) is 16.7. The fourth-order valence-corrected chi connectivity index (χ4v) is 2.87. The lowest BCUT2D eigenvalue weighted by Gasteiger charge is -2.30. The first kappa shape index (κ1) is 21.2. The number of hydrogen-bond donors (Lipinski definition) is 2. The van der Waals surface area contributed by atoms with Gasteiger partial charge in [-0.1, -0.05) is 12.1 Å². The third-order valence-corrected chi connectivity index (χ3v) is 4.81. The molecule has 0 radical (unpaired) electrons. The van der Waals surface area contributed by atoms with Gasteiger partial charge in [-0.15, -0.1) is 0 Å². The van der Waals surface area contributed by atoms with Crippen LogP contribution in [0.15, 0.2) is 24.3 Å². The number of hydrogen-bond acceptors (Lipinski definition) is 5. The number of rotatable bonds is 8. The van der Waals surface area contributed by atoms with Gasteiger partial charge in [0.15, 0.2) is 0 Å². The molecular formula is C20H32N4O3. The average molecular weight is 377 g/mol. The molecule has 2 N–H and O–H groups in total. The highest BCUT2D eigenvalue weighted by atomic mass is 16.5. The van der Waals surface area contributed by atoms with Crippen molar-refractivity contribution in [2.75, 3.05) is 56.7 Å². The van der Waals surface area contributed by atoms with E-state index in [9.17, 15) is 9.59 Å². The van der Waals surface area contributed by atoms with Crippen LogP contribution >= 0.6 is 0 Å². The summed E-state index contributed by atoms with van der Waals surface area (Å²) in [5, 5.41) is 5.44. The van der Waals surface area contributed by atoms with Gasteiger partial charge in [0.05, 0.1) is 24.6 Å². The maximum Gasteiger partial charge on any atom is 0.313 e. The molecule has 2 rings (SSSR count). The largest absolute Gasteiger partial charge is 0.378 e. The standard InChI is InChI=1S/C20H32N4O3/c1-16(2)23(3)11-7-6-10-21-19(25)20(26)22-17-8-4-5-9-18(17)24-12-14-27-15-13-24/h4-5,8-9,16H,6-7,10-15H2,1-3H3,(H,21,25)(H,22,26). The quantitative estimate of drug-likeness (QED) is 0.534. The number of amides is 2. The van der Waals surface area contributed by atoms with Crippen molar-refractivity contribution in [1.82, 2.24) is 10.2 Å². The molecular weight excluding hydrogens is 344 g/mol. The number of nitrogens with one attached hydrogen (secondary N) is 2. The molecule has 1 aliphatic heterocycles. The lowest BCUT2D eigenvalue weighted by Crippen LogP contribution is -2.38. The Hall–Kier alpha value is -2.12. The molecule has 0 saturated carbocycles. The second-order valence-corrected chi connectivity index (χ2v) is 7.11. The van der Waals surface area contributed by atoms with Gasteiger partial charge in [-0.2, -0.15) is 0 Å². The van der Waals surface area contributed by atoms with Crippen LogP contribution in [0.4, 0.5) is 11.4 Å². The van der Waals surface area contributed by atoms with E-state index in [1.165, 1.54) is 0 Å². The molecule has 0 unspecified atom stereocenters. The van der Waals surface area contributed by atoms with Crippen LogP contribution in [0.2, 0.25) is 0 Å². The van der Waals surface area contributed by atoms with Crippen molar-refractivity contribution < 1.29 is 14.3 Å². The predicted octanol–water partition coefficient (Wildman–Crippen LogP) is 1.70. The molecule has 27 heavy (non-hydrogen) atoms. The van der Waals surface area contributed by atoms with Crippen LogP contribution in [0.25, 0.3) is 0 Å². The van der Waals surface area contributed by atoms with Crippen molar-refractivity contribution in [3.63, 3.8) is 0 Å². The van der Waals surface area contributed by atoms with E-state index in [4.69, 9.17) is 4.74 Å². The maximum absolute atomic E-state index is 12.2. The van der Waals surface area contributed by atoms with E-state index in [0.29, 0.717) is 31.5 Å². The third-order valence-electron chi connectivity index (χ3n) is 4.81. The molecule has 1 saturated heterocycles. The fraction of sp³-hybridized carbons (Fsp3) is 0.600. The number of nitrogens with zero attached hydrogens (tertiary/aromatic N) is 2. The summed E-state index contributed by atoms with van der Waals surface area (Å²) in [6.07, 6.45) is 1.83. The second kappa shape index (κ2) is 10.9. The zero-order valence-corrected chi connectivity index (χ0v) is 16.7. The van der Waals surface area contributed by atoms with E-state index in [0.717, 1.165) is 38.2 Å². The summed E-state index contributed by atoms with van der Waals surface area (Å²) < 4.78 is 5.38. The van der Waals surface area contributed by atoms with Gasteiger partial charge in [0.1, 0.15) is 0 Å². The Kier molecular flexibility index (Phi) is 8.54. The molecule has 0 bridgehead atoms. The first-order valence-electron chi connectivity index (χ1n) is 9.70. The molecule has 7 nitrogen and oxygen atoms in total. The molecule has 0 spiro atoms. The minimum Gasteiger partial charge on any atom is -0.378 e. The van der Waals surface area contributed by atoms with E-state index < -0.39 is 11.8 Å². The third kappa shape index (κ3) is 6.84. The number of carbonyl (C=O) groups is 2. The Morgan fingerprint density at radius 1 is 1.15 bits per heavy atom. The molecule has 0 atom stereocenters. The number of unbranched alkanes of at least 4 members (excludes halogenated alkanes) is 1. The van der Waals surface area contributed by atoms with E-state index in [1.54, 1.807) is 0 Å². The number of anilines is 2. The number of carbonyl (C=O) groups excluding carboxylic acids is 2. The van der Waals surface area contributed by atoms with Crippen LogP contribution in [0, 0.1) is 0 Å². The Morgan fingerprint density at radius 3 is 2.56 bits per heavy atom. The van der Waals surface area contributed by atoms with Crippen molar-refractivity contribution in [3.8, 4) is 0 Å². The van der Waals surface area contributed by atoms with Gasteiger partial charge in [-0.05, 0) is 52.4 Å². The van der Waals surface area contributed by atoms with E-state index >= 15 is 0 Å². The molecule has 0 aromatic heterocycles. The monoisotopic (exact) mass is 376 g/mol. The normalized spacial score (nSPS) is 14.5. The molecule has 2 amide bonds. The van der Waals surface area contributed by atoms with Crippen LogP contribution in [-0.2, 0) is 14.3 Å². The summed E-state index contributed by atoms with van der Waals surface area (Å²) in [6, 6.07) is 8.05. The molecule has 1 aromatic rings. The minimum atomic E-state index is -0.630. The fourth-order valence-electron chi connectivity index (χ4n) is 2.87. The van der Waals surface area contributed by atoms with Crippen molar-refractivity contribution in [2.24, 2.45) is 0 Å². The van der Waals surface area contributed by atoms with Crippen LogP contribution in [0.5, 0.6) is 0 Å². The Balaban J connectivity index is 1.78. The van der Waals surface area contributed by atoms with Gasteiger partial charge < -0.3 is 25.2 Å². The number of morpholine rings is 1. The average Bonchev–Trinajstić information content (AvgIpc) is 2.68. The smallest absolute Gasteiger partial charge is 0.313 e. The second-order valence-electron chi connectivity index (χ2n) is 7.11. The number of benzene rings is 1. The zero-order chi connectivity index (χ0) is 19.6. The summed E-state index contributed by atoms with van der Waals surface area (Å²) in [4.78, 5) is 28.7. The lowest BCUT2D eigenvalue weighted by molar-refractivity contribution is -0.136. The molecule has 1 fully saturated rings. The summed E-state index contributed by atoms with van der Waals surface area (Å²) >= 11 is 0. The van der Waals surface area contributed by atoms with Gasteiger partial charge >= 0.3 is 11.8 Å². The highest BCUT2D eigenvalue weighted by Gasteiger charge is 2.18. The first-order valence-corrected chi connectivity index (χ1v) is 9.70. The van der Waals surface area contributed by atoms with Crippen LogP contribution in [-0.4, -0.2) is 69.2 Å². The minimum absolute atomic E-state index is 0.503. The molecule has 0 aliphatic carbocycles. The first-order chi connectivity index (χ1) is 13.0. The van der Waals surface area contributed by atoms with E-state index in [2.05, 4.69) is 41.3 Å². The number of para-hydroxylation sites is 2. The SMILES string of the molecule is CC(C)N(C)CCCCNC(=O)C(=O)Nc1ccccc1N1CCOCC1. The van der Waals surface area contributed by atoms with Gasteiger partial charge in [-0.3, -0.25) is 9.59 Å². The summed E-state index contributed by atoms with van der Waals surface area (Å²) in [5.41, 5.74) is 1.57. The Bertz CT molecular complexity index is 615. The molecule has 1 aromatic carbocycles. The van der Waals surface area contributed by atoms with E-state index in [-0.39, 0.29) is 0 Å². The molecule has 1 aliphatic rings. The summed E-state index contributed by atoms with van der Waals surface area (Å²) in [6.45, 7) is 8.65. The van der Waals surface area contributed by atoms with Crippen molar-refractivity contribution in [2.45, 2.75) is 32.7 Å². The van der Waals surface area contributed by atoms with Crippen molar-refractivity contribution in [1.29, 1.82) is 0 Å². The molecule has 150 valence electrons. The summed E-state index contributed by atoms with van der Waals surface area (Å²) in [5.74, 6) is -1.22. The van der Waals surface area contributed by atoms with Crippen LogP contribution < -0.4 is 15.5 Å². The Morgan fingerprint density at radius 2 is 1.85 bits per heavy atom. The highest BCUT2D eigenvalue weighted by molar-refractivity contribution is 6.39. The van der Waals surface area contributed by atoms with Crippen molar-refractivity contribution in [3.05, 3.63) is 24.3 Å². The highest BCUT2D eigenvalue weighted by Crippen LogP contribution is 2.26. The summed E-state index contributed by atoms with van der Waals surface area (Å²) in [7, 11) is 2.09. The topological polar surface area (TPSA) is 73.9 Å². The molecule has 1 heterocycles. The molecule has 7 heteroatoms. The van der Waals surface area contributed by atoms with Gasteiger partial charge in [-0.25, -0.2) is 0 Å². The Labute approximate surface area is 162 Å². The van der Waals surface area contributed by atoms with E-state index in [1.807, 2.05) is 24.3 Å². The van der Waals surface area contributed by atoms with Crippen molar-refractivity contribution >= 4 is 23.2 Å². The maximum atomic E-state index is 12.2. The van der Waals surface area contributed by atoms with Gasteiger partial charge in [0.2, 0.25) is 0 Å². The van der Waals surface area contributed by atoms with Crippen LogP contribution in [0.1, 0.15) is 26.7 Å².